The summed E-state index contributed by atoms with van der Waals surface area (Å²) in [6, 6.07) is 6.47. The first-order chi connectivity index (χ1) is 8.25. The maximum Gasteiger partial charge on any atom is 0.0370 e. The van der Waals surface area contributed by atoms with Crippen LogP contribution in [0.5, 0.6) is 0 Å². The average Bonchev–Trinajstić information content (AvgIpc) is 2.56. The molecule has 0 aromatic heterocycles. The van der Waals surface area contributed by atoms with E-state index in [1.807, 2.05) is 0 Å². The predicted molar refractivity (Wildman–Crippen MR) is 78.6 cm³/mol. The Morgan fingerprint density at radius 1 is 1.18 bits per heavy atom. The Morgan fingerprint density at radius 2 is 1.88 bits per heavy atom. The van der Waals surface area contributed by atoms with E-state index < -0.39 is 0 Å². The summed E-state index contributed by atoms with van der Waals surface area (Å²) >= 11 is 3.51. The SMILES string of the molecule is Cc1cc(Br)ccc1NCC1CCCCCC1. The first kappa shape index (κ1) is 12.9. The molecule has 1 N–H and O–H groups in total. The molecule has 0 saturated heterocycles. The van der Waals surface area contributed by atoms with Crippen molar-refractivity contribution in [3.63, 3.8) is 0 Å². The van der Waals surface area contributed by atoms with Crippen molar-refractivity contribution in [3.8, 4) is 0 Å². The summed E-state index contributed by atoms with van der Waals surface area (Å²) in [6.45, 7) is 3.31. The average molecular weight is 296 g/mol. The van der Waals surface area contributed by atoms with E-state index in [0.29, 0.717) is 0 Å². The first-order valence-electron chi connectivity index (χ1n) is 6.76. The molecule has 0 atom stereocenters. The van der Waals surface area contributed by atoms with Crippen molar-refractivity contribution < 1.29 is 0 Å². The molecule has 0 radical (unpaired) electrons. The maximum atomic E-state index is 3.62. The molecular weight excluding hydrogens is 274 g/mol. The van der Waals surface area contributed by atoms with Crippen LogP contribution in [0.2, 0.25) is 0 Å². The standard InChI is InChI=1S/C15H22BrN/c1-12-10-14(16)8-9-15(12)17-11-13-6-4-2-3-5-7-13/h8-10,13,17H,2-7,11H2,1H3. The topological polar surface area (TPSA) is 12.0 Å². The quantitative estimate of drug-likeness (QED) is 0.761. The van der Waals surface area contributed by atoms with Crippen LogP contribution < -0.4 is 5.32 Å². The van der Waals surface area contributed by atoms with Gasteiger partial charge in [-0.2, -0.15) is 0 Å². The molecule has 17 heavy (non-hydrogen) atoms. The zero-order chi connectivity index (χ0) is 12.1. The summed E-state index contributed by atoms with van der Waals surface area (Å²) in [7, 11) is 0. The zero-order valence-corrected chi connectivity index (χ0v) is 12.2. The largest absolute Gasteiger partial charge is 0.385 e. The van der Waals surface area contributed by atoms with Gasteiger partial charge >= 0.3 is 0 Å². The van der Waals surface area contributed by atoms with E-state index in [1.54, 1.807) is 0 Å². The normalized spacial score (nSPS) is 17.8. The van der Waals surface area contributed by atoms with Crippen molar-refractivity contribution >= 4 is 21.6 Å². The molecule has 0 spiro atoms. The highest BCUT2D eigenvalue weighted by atomic mass is 79.9. The van der Waals surface area contributed by atoms with Crippen molar-refractivity contribution in [2.75, 3.05) is 11.9 Å². The Hall–Kier alpha value is -0.500. The highest BCUT2D eigenvalue weighted by Crippen LogP contribution is 2.25. The molecule has 1 aliphatic rings. The molecule has 0 amide bonds. The molecule has 0 heterocycles. The summed E-state index contributed by atoms with van der Waals surface area (Å²) in [5.74, 6) is 0.876. The minimum atomic E-state index is 0.876. The van der Waals surface area contributed by atoms with E-state index in [2.05, 4.69) is 46.4 Å². The summed E-state index contributed by atoms with van der Waals surface area (Å²) in [5.41, 5.74) is 2.62. The van der Waals surface area contributed by atoms with Crippen molar-refractivity contribution in [2.24, 2.45) is 5.92 Å². The Balaban J connectivity index is 1.88. The van der Waals surface area contributed by atoms with Gasteiger partial charge in [-0.3, -0.25) is 0 Å². The molecule has 2 rings (SSSR count). The molecule has 1 aromatic rings. The monoisotopic (exact) mass is 295 g/mol. The maximum absolute atomic E-state index is 3.62. The van der Waals surface area contributed by atoms with Gasteiger partial charge in [-0.15, -0.1) is 0 Å². The van der Waals surface area contributed by atoms with Crippen LogP contribution in [-0.4, -0.2) is 6.54 Å². The number of aryl methyl sites for hydroxylation is 1. The van der Waals surface area contributed by atoms with Crippen LogP contribution in [0.25, 0.3) is 0 Å². The minimum absolute atomic E-state index is 0.876. The lowest BCUT2D eigenvalue weighted by Gasteiger charge is -2.17. The molecule has 1 fully saturated rings. The summed E-state index contributed by atoms with van der Waals surface area (Å²) in [5, 5.41) is 3.62. The van der Waals surface area contributed by atoms with Crippen molar-refractivity contribution in [1.82, 2.24) is 0 Å². The molecule has 0 bridgehead atoms. The van der Waals surface area contributed by atoms with Crippen molar-refractivity contribution in [3.05, 3.63) is 28.2 Å². The van der Waals surface area contributed by atoms with Gasteiger partial charge in [0.1, 0.15) is 0 Å². The Morgan fingerprint density at radius 3 is 2.53 bits per heavy atom. The second-order valence-corrected chi connectivity index (χ2v) is 6.11. The zero-order valence-electron chi connectivity index (χ0n) is 10.6. The highest BCUT2D eigenvalue weighted by molar-refractivity contribution is 9.10. The van der Waals surface area contributed by atoms with Gasteiger partial charge in [0, 0.05) is 16.7 Å². The van der Waals surface area contributed by atoms with Gasteiger partial charge in [-0.05, 0) is 49.4 Å². The third-order valence-electron chi connectivity index (χ3n) is 3.74. The summed E-state index contributed by atoms with van der Waals surface area (Å²) in [4.78, 5) is 0. The van der Waals surface area contributed by atoms with E-state index in [9.17, 15) is 0 Å². The third-order valence-corrected chi connectivity index (χ3v) is 4.24. The first-order valence-corrected chi connectivity index (χ1v) is 7.55. The molecule has 1 aromatic carbocycles. The second-order valence-electron chi connectivity index (χ2n) is 5.20. The van der Waals surface area contributed by atoms with Gasteiger partial charge in [-0.25, -0.2) is 0 Å². The minimum Gasteiger partial charge on any atom is -0.385 e. The summed E-state index contributed by atoms with van der Waals surface area (Å²) < 4.78 is 1.16. The van der Waals surface area contributed by atoms with E-state index in [1.165, 1.54) is 49.8 Å². The highest BCUT2D eigenvalue weighted by Gasteiger charge is 2.12. The number of rotatable bonds is 3. The van der Waals surface area contributed by atoms with E-state index >= 15 is 0 Å². The second kappa shape index (κ2) is 6.44. The fourth-order valence-corrected chi connectivity index (χ4v) is 3.12. The van der Waals surface area contributed by atoms with Gasteiger partial charge in [0.25, 0.3) is 0 Å². The molecule has 1 aliphatic carbocycles. The molecule has 1 nitrogen and oxygen atoms in total. The van der Waals surface area contributed by atoms with Crippen LogP contribution in [0.1, 0.15) is 44.1 Å². The van der Waals surface area contributed by atoms with Crippen LogP contribution in [0.4, 0.5) is 5.69 Å². The Labute approximate surface area is 113 Å². The lowest BCUT2D eigenvalue weighted by atomic mass is 10.0. The van der Waals surface area contributed by atoms with Crippen molar-refractivity contribution in [1.29, 1.82) is 0 Å². The smallest absolute Gasteiger partial charge is 0.0370 e. The van der Waals surface area contributed by atoms with Crippen LogP contribution in [-0.2, 0) is 0 Å². The molecule has 2 heteroatoms. The molecule has 94 valence electrons. The van der Waals surface area contributed by atoms with Crippen LogP contribution in [0.3, 0.4) is 0 Å². The van der Waals surface area contributed by atoms with Gasteiger partial charge in [0.2, 0.25) is 0 Å². The van der Waals surface area contributed by atoms with Gasteiger partial charge in [0.05, 0.1) is 0 Å². The van der Waals surface area contributed by atoms with E-state index in [4.69, 9.17) is 0 Å². The lowest BCUT2D eigenvalue weighted by molar-refractivity contribution is 0.483. The number of hydrogen-bond donors (Lipinski definition) is 1. The van der Waals surface area contributed by atoms with Crippen LogP contribution >= 0.6 is 15.9 Å². The van der Waals surface area contributed by atoms with Crippen LogP contribution in [0.15, 0.2) is 22.7 Å². The number of benzene rings is 1. The van der Waals surface area contributed by atoms with Gasteiger partial charge in [-0.1, -0.05) is 41.6 Å². The Bertz CT molecular complexity index is 354. The van der Waals surface area contributed by atoms with Gasteiger partial charge < -0.3 is 5.32 Å². The number of nitrogens with one attached hydrogen (secondary N) is 1. The summed E-state index contributed by atoms with van der Waals surface area (Å²) in [6.07, 6.45) is 8.53. The van der Waals surface area contributed by atoms with E-state index in [-0.39, 0.29) is 0 Å². The number of hydrogen-bond acceptors (Lipinski definition) is 1. The fourth-order valence-electron chi connectivity index (χ4n) is 2.65. The predicted octanol–water partition coefficient (Wildman–Crippen LogP) is 5.14. The van der Waals surface area contributed by atoms with Gasteiger partial charge in [0.15, 0.2) is 0 Å². The molecule has 0 aliphatic heterocycles. The molecular formula is C15H22BrN. The lowest BCUT2D eigenvalue weighted by Crippen LogP contribution is -2.14. The molecule has 0 unspecified atom stereocenters. The number of halogens is 1. The van der Waals surface area contributed by atoms with E-state index in [0.717, 1.165) is 16.9 Å². The fraction of sp³-hybridized carbons (Fsp3) is 0.600. The Kier molecular flexibility index (Phi) is 4.90. The van der Waals surface area contributed by atoms with Crippen LogP contribution in [0, 0.1) is 12.8 Å². The number of anilines is 1. The van der Waals surface area contributed by atoms with Crippen molar-refractivity contribution in [2.45, 2.75) is 45.4 Å². The molecule has 1 saturated carbocycles. The third kappa shape index (κ3) is 4.02.